The Morgan fingerprint density at radius 1 is 1.16 bits per heavy atom. The molecule has 1 aliphatic carbocycles. The molecule has 2 N–H and O–H groups in total. The van der Waals surface area contributed by atoms with Gasteiger partial charge in [0.25, 0.3) is 0 Å². The van der Waals surface area contributed by atoms with E-state index >= 15 is 0 Å². The SMILES string of the molecule is CC(C)NC(=O)n1c2c(c3c1CC(C(=O)c1ccc(F)cc1)NC3(C)C)C=CC=CC2. The van der Waals surface area contributed by atoms with Crippen molar-refractivity contribution in [2.75, 3.05) is 0 Å². The van der Waals surface area contributed by atoms with Gasteiger partial charge in [-0.1, -0.05) is 24.3 Å². The average molecular weight is 422 g/mol. The standard InChI is InChI=1S/C25H28FN3O2/c1-15(2)27-24(31)29-20-9-7-5-6-8-18(20)22-21(29)14-19(28-25(22,3)4)23(30)16-10-12-17(26)13-11-16/h5-8,10-13,15,19,28H,9,14H2,1-4H3,(H,27,31). The fourth-order valence-corrected chi connectivity index (χ4v) is 4.66. The molecule has 1 unspecified atom stereocenters. The molecule has 2 aromatic rings. The summed E-state index contributed by atoms with van der Waals surface area (Å²) in [6.45, 7) is 7.93. The fourth-order valence-electron chi connectivity index (χ4n) is 4.66. The lowest BCUT2D eigenvalue weighted by atomic mass is 9.82. The van der Waals surface area contributed by atoms with Crippen LogP contribution in [-0.4, -0.2) is 28.5 Å². The fraction of sp³-hybridized carbons (Fsp3) is 0.360. The number of rotatable bonds is 3. The van der Waals surface area contributed by atoms with Gasteiger partial charge in [0.2, 0.25) is 0 Å². The highest BCUT2D eigenvalue weighted by atomic mass is 19.1. The van der Waals surface area contributed by atoms with Crippen molar-refractivity contribution in [1.82, 2.24) is 15.2 Å². The Morgan fingerprint density at radius 2 is 1.87 bits per heavy atom. The smallest absolute Gasteiger partial charge is 0.326 e. The molecular weight excluding hydrogens is 393 g/mol. The van der Waals surface area contributed by atoms with Crippen LogP contribution in [0, 0.1) is 5.82 Å². The zero-order valence-corrected chi connectivity index (χ0v) is 18.3. The van der Waals surface area contributed by atoms with Crippen LogP contribution in [0.2, 0.25) is 0 Å². The molecule has 1 aromatic heterocycles. The molecule has 1 amide bonds. The van der Waals surface area contributed by atoms with Crippen LogP contribution in [0.25, 0.3) is 6.08 Å². The van der Waals surface area contributed by atoms with Crippen molar-refractivity contribution in [2.45, 2.75) is 58.2 Å². The minimum absolute atomic E-state index is 0.00979. The lowest BCUT2D eigenvalue weighted by molar-refractivity contribution is 0.0912. The van der Waals surface area contributed by atoms with Crippen LogP contribution in [0.4, 0.5) is 9.18 Å². The van der Waals surface area contributed by atoms with Crippen molar-refractivity contribution in [1.29, 1.82) is 0 Å². The number of allylic oxidation sites excluding steroid dienone is 3. The molecule has 4 rings (SSSR count). The quantitative estimate of drug-likeness (QED) is 0.725. The number of ketones is 1. The van der Waals surface area contributed by atoms with Crippen molar-refractivity contribution in [3.8, 4) is 0 Å². The first-order chi connectivity index (χ1) is 14.7. The lowest BCUT2D eigenvalue weighted by Crippen LogP contribution is -2.53. The maximum atomic E-state index is 13.3. The van der Waals surface area contributed by atoms with Gasteiger partial charge in [-0.15, -0.1) is 0 Å². The van der Waals surface area contributed by atoms with Crippen LogP contribution in [0.3, 0.4) is 0 Å². The third kappa shape index (κ3) is 3.88. The molecule has 0 spiro atoms. The van der Waals surface area contributed by atoms with Crippen molar-refractivity contribution in [3.05, 3.63) is 76.4 Å². The molecule has 0 radical (unpaired) electrons. The molecule has 0 saturated carbocycles. The number of nitrogens with zero attached hydrogens (tertiary/aromatic N) is 1. The van der Waals surface area contributed by atoms with E-state index in [1.807, 2.05) is 52.0 Å². The number of carbonyl (C=O) groups excluding carboxylic acids is 2. The van der Waals surface area contributed by atoms with E-state index in [9.17, 15) is 14.0 Å². The van der Waals surface area contributed by atoms with E-state index in [-0.39, 0.29) is 23.7 Å². The van der Waals surface area contributed by atoms with Crippen LogP contribution >= 0.6 is 0 Å². The van der Waals surface area contributed by atoms with Crippen molar-refractivity contribution >= 4 is 17.9 Å². The van der Waals surface area contributed by atoms with E-state index in [1.165, 1.54) is 24.3 Å². The molecule has 1 aliphatic heterocycles. The van der Waals surface area contributed by atoms with E-state index in [4.69, 9.17) is 0 Å². The summed E-state index contributed by atoms with van der Waals surface area (Å²) in [5, 5.41) is 6.49. The molecule has 1 aromatic carbocycles. The second-order valence-electron chi connectivity index (χ2n) is 9.01. The summed E-state index contributed by atoms with van der Waals surface area (Å²) in [6.07, 6.45) is 9.07. The van der Waals surface area contributed by atoms with Gasteiger partial charge < -0.3 is 5.32 Å². The molecule has 0 saturated heterocycles. The van der Waals surface area contributed by atoms with E-state index < -0.39 is 11.6 Å². The first-order valence-corrected chi connectivity index (χ1v) is 10.7. The molecule has 6 heteroatoms. The highest BCUT2D eigenvalue weighted by Crippen LogP contribution is 2.39. The summed E-state index contributed by atoms with van der Waals surface area (Å²) in [4.78, 5) is 26.5. The summed E-state index contributed by atoms with van der Waals surface area (Å²) >= 11 is 0. The molecule has 0 fully saturated rings. The predicted molar refractivity (Wildman–Crippen MR) is 120 cm³/mol. The Hall–Kier alpha value is -2.99. The van der Waals surface area contributed by atoms with E-state index in [2.05, 4.69) is 10.6 Å². The average Bonchev–Trinajstić information content (AvgIpc) is 2.83. The Bertz CT molecular complexity index is 1090. The van der Waals surface area contributed by atoms with Crippen LogP contribution in [-0.2, 0) is 18.4 Å². The number of hydrogen-bond donors (Lipinski definition) is 2. The highest BCUT2D eigenvalue weighted by molar-refractivity contribution is 6.00. The first-order valence-electron chi connectivity index (χ1n) is 10.7. The zero-order valence-electron chi connectivity index (χ0n) is 18.3. The Kier molecular flexibility index (Phi) is 5.43. The summed E-state index contributed by atoms with van der Waals surface area (Å²) in [6, 6.07) is 4.91. The van der Waals surface area contributed by atoms with Gasteiger partial charge in [0.1, 0.15) is 5.82 Å². The van der Waals surface area contributed by atoms with Gasteiger partial charge >= 0.3 is 6.03 Å². The molecule has 1 atom stereocenters. The molecule has 162 valence electrons. The van der Waals surface area contributed by atoms with Gasteiger partial charge in [-0.3, -0.25) is 14.7 Å². The highest BCUT2D eigenvalue weighted by Gasteiger charge is 2.41. The first kappa shape index (κ1) is 21.2. The van der Waals surface area contributed by atoms with E-state index in [1.54, 1.807) is 4.57 Å². The third-order valence-electron chi connectivity index (χ3n) is 5.85. The summed E-state index contributed by atoms with van der Waals surface area (Å²) in [5.74, 6) is -0.486. The molecular formula is C25H28FN3O2. The van der Waals surface area contributed by atoms with Gasteiger partial charge in [0.05, 0.1) is 6.04 Å². The topological polar surface area (TPSA) is 63.1 Å². The van der Waals surface area contributed by atoms with Crippen molar-refractivity contribution < 1.29 is 14.0 Å². The number of carbonyl (C=O) groups is 2. The minimum Gasteiger partial charge on any atom is -0.335 e. The summed E-state index contributed by atoms with van der Waals surface area (Å²) in [5.41, 5.74) is 3.78. The Labute approximate surface area is 182 Å². The molecule has 0 bridgehead atoms. The third-order valence-corrected chi connectivity index (χ3v) is 5.85. The number of hydrogen-bond acceptors (Lipinski definition) is 3. The Balaban J connectivity index is 1.83. The van der Waals surface area contributed by atoms with Crippen molar-refractivity contribution in [2.24, 2.45) is 0 Å². The van der Waals surface area contributed by atoms with Gasteiger partial charge in [-0.05, 0) is 52.0 Å². The second-order valence-corrected chi connectivity index (χ2v) is 9.01. The summed E-state index contributed by atoms with van der Waals surface area (Å²) in [7, 11) is 0. The Morgan fingerprint density at radius 3 is 2.55 bits per heavy atom. The van der Waals surface area contributed by atoms with Crippen molar-refractivity contribution in [3.63, 3.8) is 0 Å². The lowest BCUT2D eigenvalue weighted by Gasteiger charge is -2.38. The number of benzene rings is 1. The number of Topliss-reactive ketones (excluding diaryl/α,β-unsaturated/α-hetero) is 1. The number of fused-ring (bicyclic) bond motifs is 3. The molecule has 31 heavy (non-hydrogen) atoms. The number of nitrogens with one attached hydrogen (secondary N) is 2. The van der Waals surface area contributed by atoms with E-state index in [0.717, 1.165) is 22.5 Å². The number of amides is 1. The summed E-state index contributed by atoms with van der Waals surface area (Å²) < 4.78 is 15.1. The number of aromatic nitrogens is 1. The monoisotopic (exact) mass is 421 g/mol. The second kappa shape index (κ2) is 7.93. The normalized spacial score (nSPS) is 19.0. The van der Waals surface area contributed by atoms with E-state index in [0.29, 0.717) is 18.4 Å². The van der Waals surface area contributed by atoms with Crippen LogP contribution < -0.4 is 10.6 Å². The maximum absolute atomic E-state index is 13.3. The molecule has 5 nitrogen and oxygen atoms in total. The molecule has 2 heterocycles. The van der Waals surface area contributed by atoms with Crippen LogP contribution in [0.5, 0.6) is 0 Å². The van der Waals surface area contributed by atoms with Gasteiger partial charge in [-0.2, -0.15) is 0 Å². The van der Waals surface area contributed by atoms with Gasteiger partial charge in [0, 0.05) is 52.5 Å². The molecule has 2 aliphatic rings. The maximum Gasteiger partial charge on any atom is 0.326 e. The van der Waals surface area contributed by atoms with Gasteiger partial charge in [-0.25, -0.2) is 9.18 Å². The predicted octanol–water partition coefficient (Wildman–Crippen LogP) is 4.35. The van der Waals surface area contributed by atoms with Gasteiger partial charge in [0.15, 0.2) is 5.78 Å². The largest absolute Gasteiger partial charge is 0.335 e. The number of halogens is 1. The van der Waals surface area contributed by atoms with Crippen LogP contribution in [0.15, 0.2) is 42.5 Å². The van der Waals surface area contributed by atoms with Crippen LogP contribution in [0.1, 0.15) is 60.6 Å². The zero-order chi connectivity index (χ0) is 22.3. The minimum atomic E-state index is -0.532.